The summed E-state index contributed by atoms with van der Waals surface area (Å²) >= 11 is 0. The molecule has 5 aromatic rings. The van der Waals surface area contributed by atoms with Gasteiger partial charge in [-0.3, -0.25) is 4.79 Å². The highest BCUT2D eigenvalue weighted by atomic mass is 127. The van der Waals surface area contributed by atoms with E-state index in [4.69, 9.17) is 16.5 Å². The fourth-order valence-corrected chi connectivity index (χ4v) is 4.72. The zero-order valence-corrected chi connectivity index (χ0v) is 28.4. The monoisotopic (exact) mass is 787 g/mol. The number of pyridine rings is 2. The molecule has 1 amide bonds. The maximum Gasteiger partial charge on any atom is 0.257 e. The van der Waals surface area contributed by atoms with Crippen LogP contribution in [0.4, 0.5) is 28.4 Å². The summed E-state index contributed by atoms with van der Waals surface area (Å²) in [5, 5.41) is 5.54. The van der Waals surface area contributed by atoms with Crippen molar-refractivity contribution in [2.45, 2.75) is 33.9 Å². The van der Waals surface area contributed by atoms with Crippen LogP contribution >= 0.6 is 48.0 Å². The first-order valence-corrected chi connectivity index (χ1v) is 13.3. The van der Waals surface area contributed by atoms with Crippen molar-refractivity contribution in [3.05, 3.63) is 113 Å². The lowest BCUT2D eigenvalue weighted by Gasteiger charge is -2.14. The number of rotatable bonds is 6. The van der Waals surface area contributed by atoms with Crippen LogP contribution in [0.25, 0.3) is 10.9 Å². The minimum Gasteiger partial charge on any atom is -0.399 e. The molecule has 10 heteroatoms. The average molecular weight is 787 g/mol. The lowest BCUT2D eigenvalue weighted by molar-refractivity contribution is 0.102. The third-order valence-corrected chi connectivity index (χ3v) is 6.83. The Labute approximate surface area is 279 Å². The number of nitrogens with two attached hydrogens (primary N) is 2. The molecule has 0 saturated carbocycles. The second-order valence-corrected chi connectivity index (χ2v) is 9.57. The normalized spacial score (nSPS) is 11.0. The van der Waals surface area contributed by atoms with Gasteiger partial charge in [-0.05, 0) is 99.6 Å². The summed E-state index contributed by atoms with van der Waals surface area (Å²) in [7, 11) is 0. The van der Waals surface area contributed by atoms with Crippen molar-refractivity contribution < 1.29 is 4.79 Å². The molecule has 8 nitrogen and oxygen atoms in total. The standard InChI is InChI=1S/C32H33N7O.2HI/c1-4-38-16-14-25(15-17-38)35-23-7-9-24(10-8-23)37-32(40)27-12-11-26(20-29(27)34)36-30-18-21(3)39(5-2)31-13-6-22(33)19-28(30)31;;/h6-20H,4-5,33-34H2,1-3H3,(H,37,40);2*1H. The highest BCUT2D eigenvalue weighted by Crippen LogP contribution is 2.23. The molecule has 2 heterocycles. The number of nitrogens with one attached hydrogen (secondary N) is 1. The number of fused-ring (bicyclic) bond motifs is 1. The summed E-state index contributed by atoms with van der Waals surface area (Å²) in [5.41, 5.74) is 18.1. The molecule has 218 valence electrons. The molecule has 0 radical (unpaired) electrons. The Morgan fingerprint density at radius 1 is 0.810 bits per heavy atom. The van der Waals surface area contributed by atoms with Gasteiger partial charge >= 0.3 is 0 Å². The van der Waals surface area contributed by atoms with Crippen molar-refractivity contribution in [3.63, 3.8) is 0 Å². The summed E-state index contributed by atoms with van der Waals surface area (Å²) in [4.78, 5) is 22.5. The number of aryl methyl sites for hydroxylation is 3. The molecule has 0 atom stereocenters. The fraction of sp³-hybridized carbons (Fsp3) is 0.156. The first-order valence-electron chi connectivity index (χ1n) is 13.3. The van der Waals surface area contributed by atoms with Crippen molar-refractivity contribution >= 4 is 93.2 Å². The first-order chi connectivity index (χ1) is 19.3. The maximum atomic E-state index is 13.0. The van der Waals surface area contributed by atoms with Crippen LogP contribution in [-0.4, -0.2) is 15.0 Å². The summed E-state index contributed by atoms with van der Waals surface area (Å²) < 4.78 is 4.30. The van der Waals surface area contributed by atoms with E-state index in [0.29, 0.717) is 28.3 Å². The summed E-state index contributed by atoms with van der Waals surface area (Å²) in [6.07, 6.45) is 3.99. The summed E-state index contributed by atoms with van der Waals surface area (Å²) in [5.74, 6) is -0.293. The van der Waals surface area contributed by atoms with E-state index in [2.05, 4.69) is 40.2 Å². The van der Waals surface area contributed by atoms with E-state index in [1.165, 1.54) is 0 Å². The summed E-state index contributed by atoms with van der Waals surface area (Å²) in [6.45, 7) is 8.01. The Morgan fingerprint density at radius 2 is 1.50 bits per heavy atom. The van der Waals surface area contributed by atoms with Crippen molar-refractivity contribution in [1.82, 2.24) is 9.13 Å². The van der Waals surface area contributed by atoms with E-state index >= 15 is 0 Å². The number of aromatic nitrogens is 2. The number of carbonyl (C=O) groups excluding carboxylic acids is 1. The maximum absolute atomic E-state index is 13.0. The number of hydrogen-bond donors (Lipinski definition) is 3. The quantitative estimate of drug-likeness (QED) is 0.128. The average Bonchev–Trinajstić information content (AvgIpc) is 2.95. The van der Waals surface area contributed by atoms with E-state index in [1.807, 2.05) is 73.1 Å². The van der Waals surface area contributed by atoms with Crippen molar-refractivity contribution in [3.8, 4) is 0 Å². The van der Waals surface area contributed by atoms with E-state index in [-0.39, 0.29) is 53.9 Å². The van der Waals surface area contributed by atoms with Crippen LogP contribution in [0.2, 0.25) is 0 Å². The van der Waals surface area contributed by atoms with Gasteiger partial charge in [0.05, 0.1) is 33.2 Å². The molecule has 3 aromatic carbocycles. The van der Waals surface area contributed by atoms with E-state index in [0.717, 1.165) is 46.1 Å². The van der Waals surface area contributed by atoms with Gasteiger partial charge in [-0.25, -0.2) is 9.98 Å². The second-order valence-electron chi connectivity index (χ2n) is 9.57. The molecule has 0 spiro atoms. The number of carbonyl (C=O) groups is 1. The van der Waals surface area contributed by atoms with Gasteiger partial charge in [0.25, 0.3) is 5.91 Å². The molecule has 2 aromatic heterocycles. The number of hydrogen-bond acceptors (Lipinski definition) is 5. The van der Waals surface area contributed by atoms with Crippen LogP contribution in [0.1, 0.15) is 29.9 Å². The molecule has 0 bridgehead atoms. The Kier molecular flexibility index (Phi) is 11.3. The molecule has 42 heavy (non-hydrogen) atoms. The van der Waals surface area contributed by atoms with Gasteiger partial charge in [-0.1, -0.05) is 0 Å². The van der Waals surface area contributed by atoms with Crippen molar-refractivity contribution in [1.29, 1.82) is 0 Å². The third kappa shape index (κ3) is 7.40. The lowest BCUT2D eigenvalue weighted by atomic mass is 10.1. The lowest BCUT2D eigenvalue weighted by Crippen LogP contribution is -2.14. The molecular formula is C32H35I2N7O. The number of halogens is 2. The van der Waals surface area contributed by atoms with E-state index in [9.17, 15) is 4.79 Å². The minimum atomic E-state index is -0.293. The van der Waals surface area contributed by atoms with Crippen molar-refractivity contribution in [2.75, 3.05) is 16.8 Å². The molecule has 0 saturated heterocycles. The third-order valence-electron chi connectivity index (χ3n) is 6.83. The second kappa shape index (κ2) is 14.5. The largest absolute Gasteiger partial charge is 0.399 e. The smallest absolute Gasteiger partial charge is 0.257 e. The van der Waals surface area contributed by atoms with Gasteiger partial charge in [-0.2, -0.15) is 0 Å². The number of benzene rings is 3. The molecule has 0 aliphatic carbocycles. The number of amides is 1. The zero-order valence-electron chi connectivity index (χ0n) is 23.7. The fourth-order valence-electron chi connectivity index (χ4n) is 4.72. The molecule has 0 unspecified atom stereocenters. The van der Waals surface area contributed by atoms with E-state index < -0.39 is 0 Å². The van der Waals surface area contributed by atoms with Gasteiger partial charge in [0, 0.05) is 53.6 Å². The molecule has 5 N–H and O–H groups in total. The highest BCUT2D eigenvalue weighted by molar-refractivity contribution is 14.0. The van der Waals surface area contributed by atoms with E-state index in [1.54, 1.807) is 18.2 Å². The van der Waals surface area contributed by atoms with Crippen LogP contribution in [0.3, 0.4) is 0 Å². The SMILES string of the molecule is CCn1ccc(=Nc2ccc(NC(=O)c3ccc(N=c4cc(C)n(CC)c5ccc(N)cc45)cc3N)cc2)cc1.I.I. The van der Waals surface area contributed by atoms with Crippen LogP contribution < -0.4 is 27.5 Å². The molecular weight excluding hydrogens is 752 g/mol. The predicted molar refractivity (Wildman–Crippen MR) is 193 cm³/mol. The highest BCUT2D eigenvalue weighted by Gasteiger charge is 2.11. The molecule has 0 fully saturated rings. The van der Waals surface area contributed by atoms with Gasteiger partial charge in [0.15, 0.2) is 0 Å². The number of nitrogens with zero attached hydrogens (tertiary/aromatic N) is 4. The van der Waals surface area contributed by atoms with Gasteiger partial charge in [0.2, 0.25) is 0 Å². The minimum absolute atomic E-state index is 0. The zero-order chi connectivity index (χ0) is 28.2. The first kappa shape index (κ1) is 32.9. The van der Waals surface area contributed by atoms with Gasteiger partial charge in [-0.15, -0.1) is 48.0 Å². The van der Waals surface area contributed by atoms with Crippen molar-refractivity contribution in [2.24, 2.45) is 9.98 Å². The topological polar surface area (TPSA) is 116 Å². The van der Waals surface area contributed by atoms with Crippen LogP contribution in [0.5, 0.6) is 0 Å². The number of nitrogen functional groups attached to an aromatic ring is 2. The van der Waals surface area contributed by atoms with Gasteiger partial charge in [0.1, 0.15) is 0 Å². The molecule has 0 aliphatic heterocycles. The Morgan fingerprint density at radius 3 is 2.14 bits per heavy atom. The number of anilines is 3. The summed E-state index contributed by atoms with van der Waals surface area (Å²) in [6, 6.07) is 24.4. The molecule has 0 aliphatic rings. The van der Waals surface area contributed by atoms with Crippen LogP contribution in [-0.2, 0) is 13.1 Å². The van der Waals surface area contributed by atoms with Gasteiger partial charge < -0.3 is 25.9 Å². The Balaban J connectivity index is 0.00000242. The predicted octanol–water partition coefficient (Wildman–Crippen LogP) is 6.91. The van der Waals surface area contributed by atoms with Crippen LogP contribution in [0, 0.1) is 6.92 Å². The molecule has 5 rings (SSSR count). The Hall–Kier alpha value is -3.65. The Bertz CT molecular complexity index is 1840. The van der Waals surface area contributed by atoms with Crippen LogP contribution in [0.15, 0.2) is 101 Å².